The van der Waals surface area contributed by atoms with Gasteiger partial charge in [0.05, 0.1) is 0 Å². The Morgan fingerprint density at radius 2 is 2.00 bits per heavy atom. The van der Waals surface area contributed by atoms with Gasteiger partial charge in [0, 0.05) is 11.0 Å². The number of hydrogen-bond acceptors (Lipinski definition) is 2. The van der Waals surface area contributed by atoms with Crippen LogP contribution in [0.3, 0.4) is 0 Å². The third kappa shape index (κ3) is 3.55. The molecule has 0 unspecified atom stereocenters. The molecule has 0 aliphatic heterocycles. The van der Waals surface area contributed by atoms with Gasteiger partial charge in [-0.25, -0.2) is 4.39 Å². The molecular formula is C15H15BrFNO. The molecule has 0 saturated heterocycles. The van der Waals surface area contributed by atoms with E-state index in [1.54, 1.807) is 12.1 Å². The molecule has 2 nitrogen and oxygen atoms in total. The molecule has 2 aromatic rings. The van der Waals surface area contributed by atoms with Crippen molar-refractivity contribution in [3.63, 3.8) is 0 Å². The summed E-state index contributed by atoms with van der Waals surface area (Å²) < 4.78 is 19.9. The van der Waals surface area contributed by atoms with Crippen LogP contribution in [0.2, 0.25) is 0 Å². The highest BCUT2D eigenvalue weighted by atomic mass is 79.9. The van der Waals surface area contributed by atoms with Crippen molar-refractivity contribution in [1.29, 1.82) is 0 Å². The topological polar surface area (TPSA) is 21.3 Å². The number of hydrogen-bond donors (Lipinski definition) is 1. The van der Waals surface area contributed by atoms with Crippen LogP contribution in [0, 0.1) is 12.7 Å². The molecule has 0 atom stereocenters. The molecule has 2 aromatic carbocycles. The number of aryl methyl sites for hydroxylation is 1. The van der Waals surface area contributed by atoms with Gasteiger partial charge < -0.3 is 10.1 Å². The Morgan fingerprint density at radius 3 is 2.63 bits per heavy atom. The van der Waals surface area contributed by atoms with E-state index in [-0.39, 0.29) is 11.6 Å². The van der Waals surface area contributed by atoms with E-state index in [9.17, 15) is 4.39 Å². The minimum atomic E-state index is -0.383. The molecule has 0 aromatic heterocycles. The van der Waals surface area contributed by atoms with Gasteiger partial charge in [0.15, 0.2) is 11.6 Å². The first-order chi connectivity index (χ1) is 9.10. The van der Waals surface area contributed by atoms with Crippen LogP contribution >= 0.6 is 15.9 Å². The van der Waals surface area contributed by atoms with E-state index in [1.165, 1.54) is 11.6 Å². The standard InChI is InChI=1S/C15H15BrFNO/c1-10-7-13(5-3-11(10)9-18-2)19-15-6-4-12(16)8-14(15)17/h3-8,18H,9H2,1-2H3. The Bertz CT molecular complexity index is 586. The molecule has 0 fully saturated rings. The van der Waals surface area contributed by atoms with Crippen molar-refractivity contribution in [2.24, 2.45) is 0 Å². The van der Waals surface area contributed by atoms with E-state index in [1.807, 2.05) is 32.2 Å². The van der Waals surface area contributed by atoms with E-state index in [4.69, 9.17) is 4.74 Å². The van der Waals surface area contributed by atoms with Gasteiger partial charge in [-0.2, -0.15) is 0 Å². The lowest BCUT2D eigenvalue weighted by Gasteiger charge is -2.10. The van der Waals surface area contributed by atoms with Crippen LogP contribution in [0.1, 0.15) is 11.1 Å². The molecule has 0 saturated carbocycles. The smallest absolute Gasteiger partial charge is 0.166 e. The summed E-state index contributed by atoms with van der Waals surface area (Å²) in [5.74, 6) is 0.480. The highest BCUT2D eigenvalue weighted by Gasteiger charge is 2.06. The number of nitrogens with one attached hydrogen (secondary N) is 1. The van der Waals surface area contributed by atoms with Gasteiger partial charge in [-0.3, -0.25) is 0 Å². The lowest BCUT2D eigenvalue weighted by atomic mass is 10.1. The Morgan fingerprint density at radius 1 is 1.21 bits per heavy atom. The van der Waals surface area contributed by atoms with Crippen molar-refractivity contribution < 1.29 is 9.13 Å². The Balaban J connectivity index is 2.21. The summed E-state index contributed by atoms with van der Waals surface area (Å²) in [4.78, 5) is 0. The third-order valence-electron chi connectivity index (χ3n) is 2.80. The number of ether oxygens (including phenoxy) is 1. The predicted molar refractivity (Wildman–Crippen MR) is 78.1 cm³/mol. The van der Waals surface area contributed by atoms with Crippen LogP contribution in [-0.4, -0.2) is 7.05 Å². The average Bonchev–Trinajstić information content (AvgIpc) is 2.36. The molecule has 0 heterocycles. The van der Waals surface area contributed by atoms with Crippen LogP contribution in [0.5, 0.6) is 11.5 Å². The summed E-state index contributed by atoms with van der Waals surface area (Å²) in [6.45, 7) is 2.82. The Labute approximate surface area is 120 Å². The summed E-state index contributed by atoms with van der Waals surface area (Å²) >= 11 is 3.22. The quantitative estimate of drug-likeness (QED) is 0.899. The van der Waals surface area contributed by atoms with Crippen molar-refractivity contribution >= 4 is 15.9 Å². The monoisotopic (exact) mass is 323 g/mol. The van der Waals surface area contributed by atoms with Crippen LogP contribution in [-0.2, 0) is 6.54 Å². The summed E-state index contributed by atoms with van der Waals surface area (Å²) in [6.07, 6.45) is 0. The first-order valence-corrected chi connectivity index (χ1v) is 6.76. The summed E-state index contributed by atoms with van der Waals surface area (Å²) in [7, 11) is 1.90. The Hall–Kier alpha value is -1.39. The van der Waals surface area contributed by atoms with Crippen molar-refractivity contribution in [1.82, 2.24) is 5.32 Å². The molecule has 0 spiro atoms. The van der Waals surface area contributed by atoms with E-state index in [0.717, 1.165) is 12.1 Å². The minimum absolute atomic E-state index is 0.226. The molecule has 100 valence electrons. The number of halogens is 2. The SMILES string of the molecule is CNCc1ccc(Oc2ccc(Br)cc2F)cc1C. The zero-order valence-electron chi connectivity index (χ0n) is 10.8. The lowest BCUT2D eigenvalue weighted by Crippen LogP contribution is -2.06. The number of benzene rings is 2. The molecule has 0 amide bonds. The van der Waals surface area contributed by atoms with E-state index in [2.05, 4.69) is 21.2 Å². The van der Waals surface area contributed by atoms with E-state index >= 15 is 0 Å². The fourth-order valence-corrected chi connectivity index (χ4v) is 2.14. The summed E-state index contributed by atoms with van der Waals surface area (Å²) in [6, 6.07) is 10.5. The molecular weight excluding hydrogens is 309 g/mol. The molecule has 4 heteroatoms. The Kier molecular flexibility index (Phi) is 4.56. The summed E-state index contributed by atoms with van der Waals surface area (Å²) in [5.41, 5.74) is 2.32. The predicted octanol–water partition coefficient (Wildman–Crippen LogP) is 4.41. The second-order valence-electron chi connectivity index (χ2n) is 4.30. The van der Waals surface area contributed by atoms with Gasteiger partial charge >= 0.3 is 0 Å². The maximum Gasteiger partial charge on any atom is 0.166 e. The first kappa shape index (κ1) is 14.0. The van der Waals surface area contributed by atoms with Gasteiger partial charge in [-0.05, 0) is 55.4 Å². The van der Waals surface area contributed by atoms with Gasteiger partial charge in [0.2, 0.25) is 0 Å². The lowest BCUT2D eigenvalue weighted by molar-refractivity contribution is 0.441. The van der Waals surface area contributed by atoms with Crippen LogP contribution < -0.4 is 10.1 Å². The third-order valence-corrected chi connectivity index (χ3v) is 3.30. The fraction of sp³-hybridized carbons (Fsp3) is 0.200. The highest BCUT2D eigenvalue weighted by Crippen LogP contribution is 2.28. The van der Waals surface area contributed by atoms with Crippen LogP contribution in [0.15, 0.2) is 40.9 Å². The largest absolute Gasteiger partial charge is 0.454 e. The zero-order chi connectivity index (χ0) is 13.8. The molecule has 2 rings (SSSR count). The van der Waals surface area contributed by atoms with Crippen molar-refractivity contribution in [3.05, 3.63) is 57.8 Å². The molecule has 0 bridgehead atoms. The normalized spacial score (nSPS) is 10.5. The van der Waals surface area contributed by atoms with Gasteiger partial charge in [-0.1, -0.05) is 22.0 Å². The molecule has 1 N–H and O–H groups in total. The van der Waals surface area contributed by atoms with Gasteiger partial charge in [0.1, 0.15) is 5.75 Å². The second-order valence-corrected chi connectivity index (χ2v) is 5.21. The molecule has 0 aliphatic carbocycles. The maximum atomic E-state index is 13.7. The summed E-state index contributed by atoms with van der Waals surface area (Å²) in [5, 5.41) is 3.10. The van der Waals surface area contributed by atoms with Gasteiger partial charge in [-0.15, -0.1) is 0 Å². The molecule has 19 heavy (non-hydrogen) atoms. The van der Waals surface area contributed by atoms with Crippen molar-refractivity contribution in [3.8, 4) is 11.5 Å². The maximum absolute atomic E-state index is 13.7. The van der Waals surface area contributed by atoms with Crippen LogP contribution in [0.4, 0.5) is 4.39 Å². The van der Waals surface area contributed by atoms with E-state index in [0.29, 0.717) is 10.2 Å². The minimum Gasteiger partial charge on any atom is -0.454 e. The highest BCUT2D eigenvalue weighted by molar-refractivity contribution is 9.10. The van der Waals surface area contributed by atoms with E-state index < -0.39 is 0 Å². The van der Waals surface area contributed by atoms with Crippen molar-refractivity contribution in [2.75, 3.05) is 7.05 Å². The molecule has 0 aliphatic rings. The van der Waals surface area contributed by atoms with Crippen molar-refractivity contribution in [2.45, 2.75) is 13.5 Å². The fourth-order valence-electron chi connectivity index (χ4n) is 1.81. The zero-order valence-corrected chi connectivity index (χ0v) is 12.4. The first-order valence-electron chi connectivity index (χ1n) is 5.97. The van der Waals surface area contributed by atoms with Crippen LogP contribution in [0.25, 0.3) is 0 Å². The number of rotatable bonds is 4. The molecule has 0 radical (unpaired) electrons. The van der Waals surface area contributed by atoms with Gasteiger partial charge in [0.25, 0.3) is 0 Å². The average molecular weight is 324 g/mol. The second kappa shape index (κ2) is 6.17.